The fraction of sp³-hybridized carbons (Fsp3) is 0.375. The van der Waals surface area contributed by atoms with Crippen LogP contribution < -0.4 is 5.32 Å². The molecule has 0 fully saturated rings. The van der Waals surface area contributed by atoms with Gasteiger partial charge in [0.05, 0.1) is 11.2 Å². The number of thiazole rings is 1. The molecular weight excluding hydrogens is 304 g/mol. The topological polar surface area (TPSA) is 42.0 Å². The van der Waals surface area contributed by atoms with E-state index in [-0.39, 0.29) is 11.8 Å². The number of hydrogen-bond donors (Lipinski definition) is 1. The van der Waals surface area contributed by atoms with Gasteiger partial charge < -0.3 is 5.32 Å². The highest BCUT2D eigenvalue weighted by Crippen LogP contribution is 2.27. The zero-order valence-corrected chi connectivity index (χ0v) is 13.2. The summed E-state index contributed by atoms with van der Waals surface area (Å²) in [6.07, 6.45) is 3.47. The number of aryl methyl sites for hydroxylation is 1. The van der Waals surface area contributed by atoms with Crippen molar-refractivity contribution < 1.29 is 4.79 Å². The van der Waals surface area contributed by atoms with Gasteiger partial charge in [-0.05, 0) is 43.4 Å². The van der Waals surface area contributed by atoms with Gasteiger partial charge >= 0.3 is 0 Å². The van der Waals surface area contributed by atoms with Gasteiger partial charge in [0, 0.05) is 22.4 Å². The predicted octanol–water partition coefficient (Wildman–Crippen LogP) is 3.26. The third-order valence-corrected chi connectivity index (χ3v) is 4.99. The SMILES string of the molecule is O=C(NCCc1cccc(Cl)c1)C1CCc2ncsc2C1. The van der Waals surface area contributed by atoms with Crippen LogP contribution in [0.25, 0.3) is 0 Å². The van der Waals surface area contributed by atoms with E-state index in [9.17, 15) is 4.79 Å². The van der Waals surface area contributed by atoms with Crippen molar-refractivity contribution in [2.24, 2.45) is 5.92 Å². The molecule has 1 aliphatic carbocycles. The van der Waals surface area contributed by atoms with Crippen molar-refractivity contribution in [1.29, 1.82) is 0 Å². The van der Waals surface area contributed by atoms with Gasteiger partial charge in [-0.3, -0.25) is 4.79 Å². The van der Waals surface area contributed by atoms with Gasteiger partial charge in [0.25, 0.3) is 0 Å². The van der Waals surface area contributed by atoms with Crippen LogP contribution in [0.2, 0.25) is 5.02 Å². The maximum absolute atomic E-state index is 12.2. The molecule has 110 valence electrons. The molecule has 1 aliphatic rings. The van der Waals surface area contributed by atoms with Crippen molar-refractivity contribution in [2.75, 3.05) is 6.54 Å². The zero-order chi connectivity index (χ0) is 14.7. The van der Waals surface area contributed by atoms with E-state index in [1.54, 1.807) is 11.3 Å². The number of fused-ring (bicyclic) bond motifs is 1. The number of hydrogen-bond acceptors (Lipinski definition) is 3. The molecule has 1 aromatic carbocycles. The summed E-state index contributed by atoms with van der Waals surface area (Å²) in [5.74, 6) is 0.258. The van der Waals surface area contributed by atoms with Gasteiger partial charge in [0.2, 0.25) is 5.91 Å². The summed E-state index contributed by atoms with van der Waals surface area (Å²) in [5.41, 5.74) is 4.21. The maximum Gasteiger partial charge on any atom is 0.223 e. The molecular formula is C16H17ClN2OS. The smallest absolute Gasteiger partial charge is 0.223 e. The van der Waals surface area contributed by atoms with Gasteiger partial charge in [0.1, 0.15) is 0 Å². The van der Waals surface area contributed by atoms with Crippen LogP contribution in [0, 0.1) is 5.92 Å². The van der Waals surface area contributed by atoms with Gasteiger partial charge in [-0.25, -0.2) is 4.98 Å². The lowest BCUT2D eigenvalue weighted by molar-refractivity contribution is -0.125. The lowest BCUT2D eigenvalue weighted by Crippen LogP contribution is -2.35. The molecule has 3 nitrogen and oxygen atoms in total. The second-order valence-corrected chi connectivity index (χ2v) is 6.71. The molecule has 3 rings (SSSR count). The van der Waals surface area contributed by atoms with E-state index < -0.39 is 0 Å². The van der Waals surface area contributed by atoms with Crippen LogP contribution in [0.5, 0.6) is 0 Å². The van der Waals surface area contributed by atoms with E-state index in [1.165, 1.54) is 10.6 Å². The first-order valence-electron chi connectivity index (χ1n) is 7.16. The highest BCUT2D eigenvalue weighted by Gasteiger charge is 2.25. The van der Waals surface area contributed by atoms with Gasteiger partial charge in [-0.1, -0.05) is 23.7 Å². The van der Waals surface area contributed by atoms with Crippen LogP contribution >= 0.6 is 22.9 Å². The number of carbonyl (C=O) groups excluding carboxylic acids is 1. The van der Waals surface area contributed by atoms with Gasteiger partial charge in [-0.2, -0.15) is 0 Å². The number of halogens is 1. The molecule has 0 spiro atoms. The summed E-state index contributed by atoms with van der Waals surface area (Å²) in [5, 5.41) is 3.79. The number of nitrogens with zero attached hydrogens (tertiary/aromatic N) is 1. The molecule has 0 bridgehead atoms. The van der Waals surface area contributed by atoms with Crippen LogP contribution in [-0.4, -0.2) is 17.4 Å². The Hall–Kier alpha value is -1.39. The van der Waals surface area contributed by atoms with Crippen LogP contribution in [0.1, 0.15) is 22.6 Å². The molecule has 5 heteroatoms. The molecule has 1 heterocycles. The Morgan fingerprint density at radius 3 is 3.24 bits per heavy atom. The fourth-order valence-electron chi connectivity index (χ4n) is 2.69. The van der Waals surface area contributed by atoms with Gasteiger partial charge in [-0.15, -0.1) is 11.3 Å². The molecule has 0 saturated heterocycles. The second kappa shape index (κ2) is 6.58. The van der Waals surface area contributed by atoms with Crippen LogP contribution in [0.3, 0.4) is 0 Å². The molecule has 2 aromatic rings. The minimum atomic E-state index is 0.0947. The summed E-state index contributed by atoms with van der Waals surface area (Å²) in [6, 6.07) is 7.77. The average Bonchev–Trinajstić information content (AvgIpc) is 2.94. The lowest BCUT2D eigenvalue weighted by atomic mass is 9.90. The van der Waals surface area contributed by atoms with Gasteiger partial charge in [0.15, 0.2) is 0 Å². The number of carbonyl (C=O) groups is 1. The second-order valence-electron chi connectivity index (χ2n) is 5.33. The lowest BCUT2D eigenvalue weighted by Gasteiger charge is -2.20. The zero-order valence-electron chi connectivity index (χ0n) is 11.6. The first kappa shape index (κ1) is 14.5. The Morgan fingerprint density at radius 1 is 1.48 bits per heavy atom. The quantitative estimate of drug-likeness (QED) is 0.939. The van der Waals surface area contributed by atoms with Crippen molar-refractivity contribution in [3.63, 3.8) is 0 Å². The van der Waals surface area contributed by atoms with Crippen molar-refractivity contribution in [3.05, 3.63) is 50.9 Å². The third kappa shape index (κ3) is 3.63. The molecule has 0 saturated carbocycles. The molecule has 0 radical (unpaired) electrons. The van der Waals surface area contributed by atoms with Crippen LogP contribution in [0.15, 0.2) is 29.8 Å². The van der Waals surface area contributed by atoms with E-state index in [1.807, 2.05) is 29.8 Å². The van der Waals surface area contributed by atoms with Crippen molar-refractivity contribution in [1.82, 2.24) is 10.3 Å². The van der Waals surface area contributed by atoms with Crippen LogP contribution in [0.4, 0.5) is 0 Å². The Bertz CT molecular complexity index is 641. The Labute approximate surface area is 133 Å². The highest BCUT2D eigenvalue weighted by atomic mass is 35.5. The highest BCUT2D eigenvalue weighted by molar-refractivity contribution is 7.09. The van der Waals surface area contributed by atoms with E-state index in [4.69, 9.17) is 11.6 Å². The summed E-state index contributed by atoms with van der Waals surface area (Å²) in [7, 11) is 0. The molecule has 1 atom stereocenters. The Balaban J connectivity index is 1.49. The summed E-state index contributed by atoms with van der Waals surface area (Å²) in [4.78, 5) is 17.8. The predicted molar refractivity (Wildman–Crippen MR) is 85.8 cm³/mol. The number of nitrogens with one attached hydrogen (secondary N) is 1. The van der Waals surface area contributed by atoms with Crippen molar-refractivity contribution in [2.45, 2.75) is 25.7 Å². The van der Waals surface area contributed by atoms with E-state index in [0.29, 0.717) is 6.54 Å². The Morgan fingerprint density at radius 2 is 2.38 bits per heavy atom. The van der Waals surface area contributed by atoms with Crippen LogP contribution in [-0.2, 0) is 24.1 Å². The Kier molecular flexibility index (Phi) is 4.56. The molecule has 21 heavy (non-hydrogen) atoms. The summed E-state index contributed by atoms with van der Waals surface area (Å²) < 4.78 is 0. The minimum Gasteiger partial charge on any atom is -0.356 e. The van der Waals surface area contributed by atoms with E-state index in [0.717, 1.165) is 36.3 Å². The normalized spacial score (nSPS) is 17.3. The fourth-order valence-corrected chi connectivity index (χ4v) is 3.80. The number of amides is 1. The molecule has 1 amide bonds. The minimum absolute atomic E-state index is 0.0947. The molecule has 0 aliphatic heterocycles. The monoisotopic (exact) mass is 320 g/mol. The first-order valence-corrected chi connectivity index (χ1v) is 8.41. The van der Waals surface area contributed by atoms with E-state index in [2.05, 4.69) is 10.3 Å². The first-order chi connectivity index (χ1) is 10.2. The third-order valence-electron chi connectivity index (χ3n) is 3.86. The van der Waals surface area contributed by atoms with Crippen molar-refractivity contribution in [3.8, 4) is 0 Å². The molecule has 1 N–H and O–H groups in total. The van der Waals surface area contributed by atoms with Crippen molar-refractivity contribution >= 4 is 28.8 Å². The largest absolute Gasteiger partial charge is 0.356 e. The summed E-state index contributed by atoms with van der Waals surface area (Å²) in [6.45, 7) is 0.658. The standard InChI is InChI=1S/C16H17ClN2OS/c17-13-3-1-2-11(8-13)6-7-18-16(20)12-4-5-14-15(9-12)21-10-19-14/h1-3,8,10,12H,4-7,9H2,(H,18,20). The molecule has 1 aromatic heterocycles. The van der Waals surface area contributed by atoms with E-state index >= 15 is 0 Å². The average molecular weight is 321 g/mol. The molecule has 1 unspecified atom stereocenters. The summed E-state index contributed by atoms with van der Waals surface area (Å²) >= 11 is 7.62. The number of aromatic nitrogens is 1. The number of rotatable bonds is 4. The maximum atomic E-state index is 12.2. The number of benzene rings is 1.